The van der Waals surface area contributed by atoms with Gasteiger partial charge in [-0.15, -0.1) is 10.2 Å². The second-order valence-electron chi connectivity index (χ2n) is 5.73. The van der Waals surface area contributed by atoms with Crippen molar-refractivity contribution in [3.05, 3.63) is 42.5 Å². The van der Waals surface area contributed by atoms with Crippen molar-refractivity contribution in [3.63, 3.8) is 0 Å². The number of rotatable bonds is 4. The Balaban J connectivity index is 1.51. The highest BCUT2D eigenvalue weighted by molar-refractivity contribution is 5.99. The maximum Gasteiger partial charge on any atom is 0.324 e. The van der Waals surface area contributed by atoms with Crippen molar-refractivity contribution < 1.29 is 4.79 Å². The van der Waals surface area contributed by atoms with E-state index < -0.39 is 0 Å². The van der Waals surface area contributed by atoms with Crippen LogP contribution in [-0.2, 0) is 0 Å². The monoisotopic (exact) mass is 311 g/mol. The van der Waals surface area contributed by atoms with Gasteiger partial charge in [0.05, 0.1) is 0 Å². The van der Waals surface area contributed by atoms with Gasteiger partial charge in [0, 0.05) is 11.7 Å². The van der Waals surface area contributed by atoms with E-state index in [4.69, 9.17) is 0 Å². The van der Waals surface area contributed by atoms with E-state index in [0.29, 0.717) is 11.9 Å². The highest BCUT2D eigenvalue weighted by atomic mass is 16.2. The number of aromatic nitrogens is 2. The number of hydrogen-bond donors (Lipinski definition) is 3. The Kier molecular flexibility index (Phi) is 5.03. The van der Waals surface area contributed by atoms with Gasteiger partial charge in [0.25, 0.3) is 0 Å². The summed E-state index contributed by atoms with van der Waals surface area (Å²) in [5.74, 6) is 1.18. The summed E-state index contributed by atoms with van der Waals surface area (Å²) in [6.45, 7) is 0. The first kappa shape index (κ1) is 15.3. The van der Waals surface area contributed by atoms with Crippen LogP contribution in [0.4, 0.5) is 22.1 Å². The number of para-hydroxylation sites is 1. The Labute approximate surface area is 135 Å². The largest absolute Gasteiger partial charge is 0.366 e. The van der Waals surface area contributed by atoms with Crippen molar-refractivity contribution in [1.82, 2.24) is 10.2 Å². The zero-order valence-corrected chi connectivity index (χ0v) is 13.0. The highest BCUT2D eigenvalue weighted by Crippen LogP contribution is 2.20. The number of urea groups is 1. The average molecular weight is 311 g/mol. The lowest BCUT2D eigenvalue weighted by atomic mass is 9.95. The van der Waals surface area contributed by atoms with Crippen LogP contribution in [0.2, 0.25) is 0 Å². The summed E-state index contributed by atoms with van der Waals surface area (Å²) in [6, 6.07) is 13.0. The molecular formula is C17H21N5O. The molecule has 0 spiro atoms. The summed E-state index contributed by atoms with van der Waals surface area (Å²) in [7, 11) is 0. The lowest BCUT2D eigenvalue weighted by Crippen LogP contribution is -2.23. The predicted molar refractivity (Wildman–Crippen MR) is 91.6 cm³/mol. The second kappa shape index (κ2) is 7.58. The highest BCUT2D eigenvalue weighted by Gasteiger charge is 2.13. The second-order valence-corrected chi connectivity index (χ2v) is 5.73. The van der Waals surface area contributed by atoms with Crippen LogP contribution in [0, 0.1) is 0 Å². The third kappa shape index (κ3) is 4.67. The average Bonchev–Trinajstić information content (AvgIpc) is 2.58. The normalized spacial score (nSPS) is 15.0. The maximum atomic E-state index is 11.9. The quantitative estimate of drug-likeness (QED) is 0.801. The lowest BCUT2D eigenvalue weighted by Gasteiger charge is -2.22. The number of benzene rings is 1. The van der Waals surface area contributed by atoms with E-state index in [2.05, 4.69) is 26.1 Å². The van der Waals surface area contributed by atoms with Gasteiger partial charge in [-0.05, 0) is 37.1 Å². The molecule has 0 unspecified atom stereocenters. The smallest absolute Gasteiger partial charge is 0.324 e. The van der Waals surface area contributed by atoms with E-state index in [-0.39, 0.29) is 6.03 Å². The van der Waals surface area contributed by atoms with Gasteiger partial charge in [0.2, 0.25) is 0 Å². The fourth-order valence-corrected chi connectivity index (χ4v) is 2.73. The first-order chi connectivity index (χ1) is 11.3. The van der Waals surface area contributed by atoms with Gasteiger partial charge in [0.15, 0.2) is 5.82 Å². The summed E-state index contributed by atoms with van der Waals surface area (Å²) in [4.78, 5) is 11.9. The molecule has 1 saturated carbocycles. The number of nitrogens with one attached hydrogen (secondary N) is 3. The number of amides is 2. The van der Waals surface area contributed by atoms with Crippen LogP contribution in [0.15, 0.2) is 42.5 Å². The van der Waals surface area contributed by atoms with Crippen LogP contribution in [0.25, 0.3) is 0 Å². The molecule has 0 aliphatic heterocycles. The number of anilines is 3. The summed E-state index contributed by atoms with van der Waals surface area (Å²) in [5, 5.41) is 17.0. The standard InChI is InChI=1S/C17H21N5O/c23-17(19-14-9-5-2-6-10-14)20-16-12-11-15(21-22-16)18-13-7-3-1-4-8-13/h2,5-6,9-13H,1,3-4,7-8H2,(H,18,21)(H2,19,20,22,23). The molecule has 3 rings (SSSR count). The molecule has 1 heterocycles. The van der Waals surface area contributed by atoms with E-state index in [1.165, 1.54) is 32.1 Å². The van der Waals surface area contributed by atoms with Crippen molar-refractivity contribution in [2.45, 2.75) is 38.1 Å². The third-order valence-electron chi connectivity index (χ3n) is 3.89. The molecule has 2 amide bonds. The van der Waals surface area contributed by atoms with Gasteiger partial charge in [-0.2, -0.15) is 0 Å². The Hall–Kier alpha value is -2.63. The summed E-state index contributed by atoms with van der Waals surface area (Å²) < 4.78 is 0. The van der Waals surface area contributed by atoms with E-state index >= 15 is 0 Å². The molecule has 1 aliphatic rings. The molecule has 6 heteroatoms. The number of hydrogen-bond acceptors (Lipinski definition) is 4. The van der Waals surface area contributed by atoms with Crippen LogP contribution in [0.5, 0.6) is 0 Å². The van der Waals surface area contributed by atoms with Crippen molar-refractivity contribution in [3.8, 4) is 0 Å². The van der Waals surface area contributed by atoms with Gasteiger partial charge in [0.1, 0.15) is 5.82 Å². The van der Waals surface area contributed by atoms with Gasteiger partial charge in [-0.3, -0.25) is 5.32 Å². The third-order valence-corrected chi connectivity index (χ3v) is 3.89. The van der Waals surface area contributed by atoms with Gasteiger partial charge in [-0.1, -0.05) is 37.5 Å². The Morgan fingerprint density at radius 3 is 2.26 bits per heavy atom. The maximum absolute atomic E-state index is 11.9. The Bertz CT molecular complexity index is 623. The minimum absolute atomic E-state index is 0.335. The Morgan fingerprint density at radius 2 is 1.57 bits per heavy atom. The molecule has 0 bridgehead atoms. The van der Waals surface area contributed by atoms with E-state index in [1.54, 1.807) is 6.07 Å². The molecule has 120 valence electrons. The van der Waals surface area contributed by atoms with Crippen molar-refractivity contribution in [2.75, 3.05) is 16.0 Å². The summed E-state index contributed by atoms with van der Waals surface area (Å²) in [6.07, 6.45) is 6.22. The molecule has 1 fully saturated rings. The molecule has 3 N–H and O–H groups in total. The Morgan fingerprint density at radius 1 is 0.870 bits per heavy atom. The molecule has 1 aromatic carbocycles. The van der Waals surface area contributed by atoms with Crippen molar-refractivity contribution in [2.24, 2.45) is 0 Å². The van der Waals surface area contributed by atoms with E-state index in [0.717, 1.165) is 11.5 Å². The van der Waals surface area contributed by atoms with Crippen LogP contribution >= 0.6 is 0 Å². The SMILES string of the molecule is O=C(Nc1ccccc1)Nc1ccc(NC2CCCCC2)nn1. The summed E-state index contributed by atoms with van der Waals surface area (Å²) in [5.41, 5.74) is 0.730. The molecule has 23 heavy (non-hydrogen) atoms. The van der Waals surface area contributed by atoms with Crippen molar-refractivity contribution in [1.29, 1.82) is 0 Å². The van der Waals surface area contributed by atoms with Gasteiger partial charge in [-0.25, -0.2) is 4.79 Å². The lowest BCUT2D eigenvalue weighted by molar-refractivity contribution is 0.262. The molecule has 1 aliphatic carbocycles. The van der Waals surface area contributed by atoms with Crippen LogP contribution in [0.3, 0.4) is 0 Å². The minimum Gasteiger partial charge on any atom is -0.366 e. The molecule has 6 nitrogen and oxygen atoms in total. The van der Waals surface area contributed by atoms with Crippen LogP contribution in [0.1, 0.15) is 32.1 Å². The van der Waals surface area contributed by atoms with Crippen LogP contribution in [-0.4, -0.2) is 22.3 Å². The summed E-state index contributed by atoms with van der Waals surface area (Å²) >= 11 is 0. The molecule has 0 radical (unpaired) electrons. The number of carbonyl (C=O) groups is 1. The van der Waals surface area contributed by atoms with Gasteiger partial charge >= 0.3 is 6.03 Å². The van der Waals surface area contributed by atoms with Gasteiger partial charge < -0.3 is 10.6 Å². The topological polar surface area (TPSA) is 78.9 Å². The van der Waals surface area contributed by atoms with Crippen molar-refractivity contribution >= 4 is 23.4 Å². The molecule has 0 saturated heterocycles. The minimum atomic E-state index is -0.335. The zero-order chi connectivity index (χ0) is 15.9. The first-order valence-electron chi connectivity index (χ1n) is 8.03. The van der Waals surface area contributed by atoms with E-state index in [1.807, 2.05) is 36.4 Å². The first-order valence-corrected chi connectivity index (χ1v) is 8.03. The van der Waals surface area contributed by atoms with E-state index in [9.17, 15) is 4.79 Å². The predicted octanol–water partition coefficient (Wildman–Crippen LogP) is 3.87. The number of nitrogens with zero attached hydrogens (tertiary/aromatic N) is 2. The zero-order valence-electron chi connectivity index (χ0n) is 13.0. The fourth-order valence-electron chi connectivity index (χ4n) is 2.73. The number of carbonyl (C=O) groups excluding carboxylic acids is 1. The van der Waals surface area contributed by atoms with Crippen LogP contribution < -0.4 is 16.0 Å². The molecule has 0 atom stereocenters. The molecule has 1 aromatic heterocycles. The fraction of sp³-hybridized carbons (Fsp3) is 0.353. The molecule has 2 aromatic rings. The molecular weight excluding hydrogens is 290 g/mol.